The van der Waals surface area contributed by atoms with E-state index in [1.54, 1.807) is 24.3 Å². The van der Waals surface area contributed by atoms with Crippen molar-refractivity contribution in [3.05, 3.63) is 29.8 Å². The highest BCUT2D eigenvalue weighted by Crippen LogP contribution is 2.11. The molecule has 1 aromatic rings. The first kappa shape index (κ1) is 24.1. The maximum absolute atomic E-state index is 7.85. The molecule has 29 heavy (non-hydrogen) atoms. The molecule has 0 aliphatic rings. The molecule has 10 N–H and O–H groups in total. The highest BCUT2D eigenvalue weighted by atomic mass is 16.5. The topological polar surface area (TPSA) is 169 Å². The van der Waals surface area contributed by atoms with Gasteiger partial charge in [-0.15, -0.1) is 0 Å². The predicted molar refractivity (Wildman–Crippen MR) is 119 cm³/mol. The number of benzene rings is 1. The first-order valence-corrected chi connectivity index (χ1v) is 10.2. The van der Waals surface area contributed by atoms with Crippen LogP contribution in [0.3, 0.4) is 0 Å². The van der Waals surface area contributed by atoms with E-state index >= 15 is 0 Å². The zero-order chi connectivity index (χ0) is 21.3. The van der Waals surface area contributed by atoms with Gasteiger partial charge in [0.25, 0.3) is 0 Å². The van der Waals surface area contributed by atoms with Gasteiger partial charge in [0.2, 0.25) is 0 Å². The Morgan fingerprint density at radius 2 is 1.24 bits per heavy atom. The summed E-state index contributed by atoms with van der Waals surface area (Å²) in [5, 5.41) is 31.2. The second kappa shape index (κ2) is 15.0. The van der Waals surface area contributed by atoms with Crippen molar-refractivity contribution in [2.45, 2.75) is 44.9 Å². The number of nitrogen functional groups attached to an aromatic ring is 1. The fraction of sp³-hybridized carbons (Fsp3) is 0.550. The van der Waals surface area contributed by atoms with Crippen LogP contribution in [0.4, 0.5) is 0 Å². The lowest BCUT2D eigenvalue weighted by Gasteiger charge is -2.11. The van der Waals surface area contributed by atoms with E-state index in [-0.39, 0.29) is 11.8 Å². The lowest BCUT2D eigenvalue weighted by Crippen LogP contribution is -2.37. The highest BCUT2D eigenvalue weighted by molar-refractivity contribution is 5.94. The van der Waals surface area contributed by atoms with E-state index in [0.29, 0.717) is 24.7 Å². The largest absolute Gasteiger partial charge is 0.494 e. The summed E-state index contributed by atoms with van der Waals surface area (Å²) in [6, 6.07) is 7.14. The van der Waals surface area contributed by atoms with Crippen molar-refractivity contribution >= 4 is 17.8 Å². The molecule has 0 heterocycles. The number of hydrogen-bond donors (Lipinski definition) is 8. The molecule has 9 nitrogen and oxygen atoms in total. The average Bonchev–Trinajstić information content (AvgIpc) is 2.69. The van der Waals surface area contributed by atoms with Crippen LogP contribution in [0.25, 0.3) is 0 Å². The van der Waals surface area contributed by atoms with Gasteiger partial charge in [-0.25, -0.2) is 0 Å². The zero-order valence-electron chi connectivity index (χ0n) is 17.2. The second-order valence-corrected chi connectivity index (χ2v) is 6.83. The minimum absolute atomic E-state index is 0.0418. The lowest BCUT2D eigenvalue weighted by atomic mass is 10.1. The third kappa shape index (κ3) is 12.9. The van der Waals surface area contributed by atoms with Crippen molar-refractivity contribution in [2.24, 2.45) is 11.5 Å². The normalized spacial score (nSPS) is 10.2. The number of nitrogens with two attached hydrogens (primary N) is 2. The monoisotopic (exact) mass is 404 g/mol. The molecular weight excluding hydrogens is 368 g/mol. The first-order chi connectivity index (χ1) is 14.0. The Labute approximate surface area is 173 Å². The molecule has 0 saturated heterocycles. The van der Waals surface area contributed by atoms with E-state index < -0.39 is 0 Å². The molecule has 0 unspecified atom stereocenters. The van der Waals surface area contributed by atoms with E-state index in [1.807, 2.05) is 0 Å². The van der Waals surface area contributed by atoms with Gasteiger partial charge >= 0.3 is 0 Å². The molecule has 0 spiro atoms. The Kier molecular flexibility index (Phi) is 12.5. The summed E-state index contributed by atoms with van der Waals surface area (Å²) in [5.74, 6) is 1.19. The van der Waals surface area contributed by atoms with Crippen LogP contribution >= 0.6 is 0 Å². The average molecular weight is 405 g/mol. The summed E-state index contributed by atoms with van der Waals surface area (Å²) in [6.07, 6.45) is 7.55. The summed E-state index contributed by atoms with van der Waals surface area (Å²) >= 11 is 0. The van der Waals surface area contributed by atoms with Crippen LogP contribution in [0.2, 0.25) is 0 Å². The third-order valence-corrected chi connectivity index (χ3v) is 4.28. The van der Waals surface area contributed by atoms with Crippen LogP contribution in [0.5, 0.6) is 5.75 Å². The van der Waals surface area contributed by atoms with Gasteiger partial charge < -0.3 is 32.2 Å². The van der Waals surface area contributed by atoms with Crippen LogP contribution in [0, 0.1) is 16.2 Å². The Bertz CT molecular complexity index is 617. The fourth-order valence-electron chi connectivity index (χ4n) is 2.66. The Hall–Kier alpha value is -2.97. The molecule has 0 aliphatic carbocycles. The molecule has 0 atom stereocenters. The van der Waals surface area contributed by atoms with Crippen LogP contribution < -0.4 is 32.2 Å². The Balaban J connectivity index is 1.90. The number of nitrogens with one attached hydrogen (secondary N) is 6. The summed E-state index contributed by atoms with van der Waals surface area (Å²) in [7, 11) is 0. The molecule has 1 rings (SSSR count). The summed E-state index contributed by atoms with van der Waals surface area (Å²) in [4.78, 5) is 0. The summed E-state index contributed by atoms with van der Waals surface area (Å²) < 4.78 is 5.63. The standard InChI is InChI=1S/C20H36N8O/c21-18(22)16-8-10-17(11-9-16)29-15-7-14-28-20(25)27-13-6-4-2-1-3-5-12-26-19(23)24/h8-11H,1-7,12-15H2,(H3,21,22)(H4,23,24,26)(H3,25,27,28). The summed E-state index contributed by atoms with van der Waals surface area (Å²) in [5.41, 5.74) is 11.3. The molecule has 0 fully saturated rings. The SMILES string of the molecule is N=C(N)NCCCCCCCCNC(=N)NCCCOc1ccc(C(=N)N)cc1. The van der Waals surface area contributed by atoms with E-state index in [4.69, 9.17) is 32.4 Å². The molecule has 0 saturated carbocycles. The van der Waals surface area contributed by atoms with Gasteiger partial charge in [-0.3, -0.25) is 16.2 Å². The second-order valence-electron chi connectivity index (χ2n) is 6.83. The highest BCUT2D eigenvalue weighted by Gasteiger charge is 1.99. The number of unbranched alkanes of at least 4 members (excludes halogenated alkanes) is 5. The van der Waals surface area contributed by atoms with Crippen LogP contribution in [0.1, 0.15) is 50.5 Å². The minimum Gasteiger partial charge on any atom is -0.494 e. The maximum atomic E-state index is 7.85. The number of hydrogen-bond acceptors (Lipinski definition) is 4. The van der Waals surface area contributed by atoms with E-state index in [0.717, 1.165) is 50.9 Å². The number of guanidine groups is 2. The fourth-order valence-corrected chi connectivity index (χ4v) is 2.66. The van der Waals surface area contributed by atoms with Gasteiger partial charge in [0.1, 0.15) is 11.6 Å². The minimum atomic E-state index is 0.0418. The zero-order valence-corrected chi connectivity index (χ0v) is 17.2. The van der Waals surface area contributed by atoms with Gasteiger partial charge in [0.05, 0.1) is 6.61 Å². The van der Waals surface area contributed by atoms with Crippen LogP contribution in [-0.2, 0) is 0 Å². The van der Waals surface area contributed by atoms with Crippen molar-refractivity contribution in [3.8, 4) is 5.75 Å². The Morgan fingerprint density at radius 1 is 0.724 bits per heavy atom. The van der Waals surface area contributed by atoms with E-state index in [2.05, 4.69) is 16.0 Å². The van der Waals surface area contributed by atoms with Crippen molar-refractivity contribution in [2.75, 3.05) is 26.2 Å². The van der Waals surface area contributed by atoms with Crippen molar-refractivity contribution < 1.29 is 4.74 Å². The molecule has 1 aromatic carbocycles. The third-order valence-electron chi connectivity index (χ3n) is 4.28. The maximum Gasteiger partial charge on any atom is 0.188 e. The van der Waals surface area contributed by atoms with Gasteiger partial charge in [-0.1, -0.05) is 25.7 Å². The van der Waals surface area contributed by atoms with Gasteiger partial charge in [-0.2, -0.15) is 0 Å². The van der Waals surface area contributed by atoms with E-state index in [1.165, 1.54) is 12.8 Å². The first-order valence-electron chi connectivity index (χ1n) is 10.2. The molecular formula is C20H36N8O. The van der Waals surface area contributed by atoms with Crippen molar-refractivity contribution in [1.82, 2.24) is 16.0 Å². The molecule has 0 bridgehead atoms. The van der Waals surface area contributed by atoms with E-state index in [9.17, 15) is 0 Å². The van der Waals surface area contributed by atoms with Gasteiger partial charge in [0, 0.05) is 25.2 Å². The van der Waals surface area contributed by atoms with Crippen LogP contribution in [-0.4, -0.2) is 44.0 Å². The molecule has 0 amide bonds. The number of rotatable bonds is 15. The molecule has 0 radical (unpaired) electrons. The van der Waals surface area contributed by atoms with Gasteiger partial charge in [0.15, 0.2) is 11.9 Å². The number of ether oxygens (including phenoxy) is 1. The number of amidine groups is 1. The molecule has 0 aliphatic heterocycles. The Morgan fingerprint density at radius 3 is 1.79 bits per heavy atom. The van der Waals surface area contributed by atoms with Crippen molar-refractivity contribution in [3.63, 3.8) is 0 Å². The summed E-state index contributed by atoms with van der Waals surface area (Å²) in [6.45, 7) is 2.81. The molecule has 0 aromatic heterocycles. The smallest absolute Gasteiger partial charge is 0.188 e. The lowest BCUT2D eigenvalue weighted by molar-refractivity contribution is 0.311. The molecule has 9 heteroatoms. The molecule has 162 valence electrons. The predicted octanol–water partition coefficient (Wildman–Crippen LogP) is 1.68. The van der Waals surface area contributed by atoms with Crippen molar-refractivity contribution in [1.29, 1.82) is 16.2 Å². The van der Waals surface area contributed by atoms with Crippen LogP contribution in [0.15, 0.2) is 24.3 Å². The van der Waals surface area contributed by atoms with Gasteiger partial charge in [-0.05, 0) is 43.5 Å². The quantitative estimate of drug-likeness (QED) is 0.126.